The van der Waals surface area contributed by atoms with E-state index in [1.54, 1.807) is 0 Å². The molecule has 4 heterocycles. The van der Waals surface area contributed by atoms with Gasteiger partial charge in [-0.2, -0.15) is 0 Å². The fourth-order valence-electron chi connectivity index (χ4n) is 6.50. The number of aromatic nitrogens is 2. The van der Waals surface area contributed by atoms with Crippen LogP contribution in [-0.2, 0) is 4.79 Å². The van der Waals surface area contributed by atoms with E-state index in [9.17, 15) is 4.79 Å². The van der Waals surface area contributed by atoms with E-state index < -0.39 is 0 Å². The highest BCUT2D eigenvalue weighted by molar-refractivity contribution is 5.80. The third-order valence-electron chi connectivity index (χ3n) is 8.34. The smallest absolute Gasteiger partial charge is 0.226 e. The van der Waals surface area contributed by atoms with Crippen molar-refractivity contribution in [1.29, 1.82) is 0 Å². The third kappa shape index (κ3) is 4.03. The quantitative estimate of drug-likeness (QED) is 0.563. The van der Waals surface area contributed by atoms with Crippen molar-refractivity contribution in [2.45, 2.75) is 63.2 Å². The van der Waals surface area contributed by atoms with Crippen molar-refractivity contribution in [2.24, 2.45) is 5.92 Å². The van der Waals surface area contributed by atoms with Crippen molar-refractivity contribution < 1.29 is 4.79 Å². The molecular weight excluding hydrogens is 422 g/mol. The summed E-state index contributed by atoms with van der Waals surface area (Å²) in [6.07, 6.45) is 5.90. The van der Waals surface area contributed by atoms with Gasteiger partial charge in [0.15, 0.2) is 0 Å². The van der Waals surface area contributed by atoms with E-state index in [1.807, 2.05) is 6.07 Å². The number of carbonyl (C=O) groups excluding carboxylic acids is 1. The maximum absolute atomic E-state index is 12.7. The summed E-state index contributed by atoms with van der Waals surface area (Å²) in [5.41, 5.74) is 3.60. The highest BCUT2D eigenvalue weighted by Gasteiger charge is 2.42. The number of fused-ring (bicyclic) bond motifs is 3. The number of amides is 1. The van der Waals surface area contributed by atoms with E-state index in [0.29, 0.717) is 18.1 Å². The van der Waals surface area contributed by atoms with Crippen molar-refractivity contribution in [3.8, 4) is 0 Å². The number of hydrogen-bond donors (Lipinski definition) is 2. The molecule has 178 valence electrons. The Morgan fingerprint density at radius 1 is 1.03 bits per heavy atom. The summed E-state index contributed by atoms with van der Waals surface area (Å²) in [6, 6.07) is 20.9. The van der Waals surface area contributed by atoms with Crippen LogP contribution in [0.15, 0.2) is 54.6 Å². The Hall–Kier alpha value is -2.70. The molecular formula is C28H35N5O. The lowest BCUT2D eigenvalue weighted by atomic mass is 9.95. The van der Waals surface area contributed by atoms with Crippen LogP contribution >= 0.6 is 0 Å². The number of aryl methyl sites for hydroxylation is 1. The molecule has 2 aromatic carbocycles. The van der Waals surface area contributed by atoms with Crippen LogP contribution in [0, 0.1) is 12.8 Å². The number of rotatable bonds is 7. The molecule has 0 aliphatic carbocycles. The first kappa shape index (κ1) is 21.8. The molecule has 3 saturated heterocycles. The van der Waals surface area contributed by atoms with E-state index in [1.165, 1.54) is 36.8 Å². The van der Waals surface area contributed by atoms with Gasteiger partial charge in [-0.25, -0.2) is 4.98 Å². The van der Waals surface area contributed by atoms with E-state index in [-0.39, 0.29) is 17.9 Å². The van der Waals surface area contributed by atoms with Gasteiger partial charge < -0.3 is 15.2 Å². The lowest BCUT2D eigenvalue weighted by Crippen LogP contribution is -2.51. The van der Waals surface area contributed by atoms with Gasteiger partial charge in [0.25, 0.3) is 0 Å². The minimum atomic E-state index is 0.0752. The lowest BCUT2D eigenvalue weighted by Gasteiger charge is -2.40. The topological polar surface area (TPSA) is 62.2 Å². The van der Waals surface area contributed by atoms with E-state index in [0.717, 1.165) is 37.4 Å². The Bertz CT molecular complexity index is 1140. The maximum Gasteiger partial charge on any atom is 0.226 e. The Morgan fingerprint density at radius 2 is 1.74 bits per heavy atom. The number of piperidine rings is 1. The first-order chi connectivity index (χ1) is 16.7. The van der Waals surface area contributed by atoms with Crippen molar-refractivity contribution >= 4 is 16.9 Å². The monoisotopic (exact) mass is 457 g/mol. The zero-order valence-electron chi connectivity index (χ0n) is 20.0. The molecule has 6 heteroatoms. The van der Waals surface area contributed by atoms with Gasteiger partial charge in [-0.15, -0.1) is 0 Å². The Morgan fingerprint density at radius 3 is 2.44 bits per heavy atom. The number of nitrogens with zero attached hydrogens (tertiary/aromatic N) is 3. The molecule has 3 fully saturated rings. The number of imidazole rings is 1. The fraction of sp³-hybridized carbons (Fsp3) is 0.500. The number of carbonyl (C=O) groups is 1. The molecule has 0 radical (unpaired) electrons. The molecule has 6 nitrogen and oxygen atoms in total. The summed E-state index contributed by atoms with van der Waals surface area (Å²) in [5.74, 6) is 1.44. The standard InChI is InChI=1S/C28H35N5O/c1-19-30-26-9-5-6-10-27(26)33(19)24-15-22-11-12-23(16-24)32(22)14-13-25(20-7-3-2-4-8-20)31-28(34)21-17-29-18-21/h2-10,21-25,29H,11-18H2,1H3,(H,31,34)/t22-,23+,24-,25-/m0/s1. The molecule has 6 rings (SSSR count). The van der Waals surface area contributed by atoms with Crippen LogP contribution in [0.5, 0.6) is 0 Å². The van der Waals surface area contributed by atoms with Gasteiger partial charge in [0, 0.05) is 37.8 Å². The average molecular weight is 458 g/mol. The second kappa shape index (κ2) is 9.16. The van der Waals surface area contributed by atoms with E-state index in [2.05, 4.69) is 75.6 Å². The Balaban J connectivity index is 1.15. The second-order valence-electron chi connectivity index (χ2n) is 10.4. The normalized spacial score (nSPS) is 25.9. The van der Waals surface area contributed by atoms with Gasteiger partial charge in [0.2, 0.25) is 5.91 Å². The van der Waals surface area contributed by atoms with Crippen molar-refractivity contribution in [2.75, 3.05) is 19.6 Å². The zero-order valence-corrected chi connectivity index (χ0v) is 20.0. The number of benzene rings is 2. The molecule has 3 aliphatic rings. The number of hydrogen-bond acceptors (Lipinski definition) is 4. The van der Waals surface area contributed by atoms with Crippen LogP contribution in [0.1, 0.15) is 55.6 Å². The minimum absolute atomic E-state index is 0.0752. The second-order valence-corrected chi connectivity index (χ2v) is 10.4. The number of nitrogens with one attached hydrogen (secondary N) is 2. The molecule has 3 aliphatic heterocycles. The number of para-hydroxylation sites is 2. The largest absolute Gasteiger partial charge is 0.349 e. The van der Waals surface area contributed by atoms with Gasteiger partial charge in [-0.1, -0.05) is 42.5 Å². The van der Waals surface area contributed by atoms with Crippen molar-refractivity contribution in [3.05, 3.63) is 66.0 Å². The van der Waals surface area contributed by atoms with Gasteiger partial charge >= 0.3 is 0 Å². The Kier molecular flexibility index (Phi) is 5.87. The van der Waals surface area contributed by atoms with Gasteiger partial charge in [0.05, 0.1) is 23.0 Å². The average Bonchev–Trinajstić information content (AvgIpc) is 3.26. The summed E-state index contributed by atoms with van der Waals surface area (Å²) in [7, 11) is 0. The molecule has 1 aromatic heterocycles. The van der Waals surface area contributed by atoms with Crippen LogP contribution in [-0.4, -0.2) is 52.1 Å². The molecule has 2 N–H and O–H groups in total. The first-order valence-electron chi connectivity index (χ1n) is 12.9. The van der Waals surface area contributed by atoms with E-state index >= 15 is 0 Å². The summed E-state index contributed by atoms with van der Waals surface area (Å²) in [4.78, 5) is 20.3. The molecule has 3 aromatic rings. The highest BCUT2D eigenvalue weighted by atomic mass is 16.2. The lowest BCUT2D eigenvalue weighted by molar-refractivity contribution is -0.127. The van der Waals surface area contributed by atoms with Crippen LogP contribution in [0.2, 0.25) is 0 Å². The molecule has 4 atom stereocenters. The maximum atomic E-state index is 12.7. The molecule has 0 unspecified atom stereocenters. The molecule has 1 amide bonds. The van der Waals surface area contributed by atoms with E-state index in [4.69, 9.17) is 4.98 Å². The van der Waals surface area contributed by atoms with Crippen LogP contribution < -0.4 is 10.6 Å². The predicted octanol–water partition coefficient (Wildman–Crippen LogP) is 3.98. The fourth-order valence-corrected chi connectivity index (χ4v) is 6.50. The Labute approximate surface area is 201 Å². The zero-order chi connectivity index (χ0) is 23.1. The summed E-state index contributed by atoms with van der Waals surface area (Å²) < 4.78 is 2.50. The molecule has 0 saturated carbocycles. The van der Waals surface area contributed by atoms with Crippen molar-refractivity contribution in [3.63, 3.8) is 0 Å². The van der Waals surface area contributed by atoms with Gasteiger partial charge in [0.1, 0.15) is 5.82 Å². The SMILES string of the molecule is Cc1nc2ccccc2n1[C@@H]1C[C@H]2CC[C@@H](C1)N2CC[C@H](NC(=O)C1CNC1)c1ccccc1. The summed E-state index contributed by atoms with van der Waals surface area (Å²) >= 11 is 0. The highest BCUT2D eigenvalue weighted by Crippen LogP contribution is 2.42. The van der Waals surface area contributed by atoms with Crippen LogP contribution in [0.25, 0.3) is 11.0 Å². The molecule has 0 spiro atoms. The van der Waals surface area contributed by atoms with Gasteiger partial charge in [-0.3, -0.25) is 9.69 Å². The first-order valence-corrected chi connectivity index (χ1v) is 12.9. The molecule has 2 bridgehead atoms. The summed E-state index contributed by atoms with van der Waals surface area (Å²) in [6.45, 7) is 4.79. The van der Waals surface area contributed by atoms with Crippen LogP contribution in [0.3, 0.4) is 0 Å². The minimum Gasteiger partial charge on any atom is -0.349 e. The molecule has 34 heavy (non-hydrogen) atoms. The predicted molar refractivity (Wildman–Crippen MR) is 135 cm³/mol. The summed E-state index contributed by atoms with van der Waals surface area (Å²) in [5, 5.41) is 6.58. The van der Waals surface area contributed by atoms with Crippen molar-refractivity contribution in [1.82, 2.24) is 25.1 Å². The van der Waals surface area contributed by atoms with Crippen LogP contribution in [0.4, 0.5) is 0 Å². The van der Waals surface area contributed by atoms with Gasteiger partial charge in [-0.05, 0) is 56.7 Å². The third-order valence-corrected chi connectivity index (χ3v) is 8.34.